The smallest absolute Gasteiger partial charge is 0.328 e. The molecule has 0 fully saturated rings. The van der Waals surface area contributed by atoms with Crippen molar-refractivity contribution in [3.63, 3.8) is 0 Å². The molecule has 0 aliphatic rings. The average molecular weight is 503 g/mol. The number of rotatable bonds is 16. The predicted molar refractivity (Wildman–Crippen MR) is 126 cm³/mol. The van der Waals surface area contributed by atoms with Gasteiger partial charge in [0.1, 0.15) is 12.1 Å². The van der Waals surface area contributed by atoms with Crippen molar-refractivity contribution in [2.24, 2.45) is 33.8 Å². The van der Waals surface area contributed by atoms with E-state index >= 15 is 0 Å². The Morgan fingerprint density at radius 1 is 0.857 bits per heavy atom. The van der Waals surface area contributed by atoms with Gasteiger partial charge in [-0.2, -0.15) is 0 Å². The molecule has 0 aromatic carbocycles. The topological polar surface area (TPSA) is 278 Å². The Labute approximate surface area is 203 Å². The number of nitrogens with two attached hydrogens (primary N) is 4. The molecular weight excluding hydrogens is 464 g/mol. The first kappa shape index (κ1) is 31.5. The fraction of sp³-hybridized carbons (Fsp3) is 0.700. The zero-order chi connectivity index (χ0) is 27.3. The fourth-order valence-electron chi connectivity index (χ4n) is 2.81. The third kappa shape index (κ3) is 12.5. The van der Waals surface area contributed by atoms with Gasteiger partial charge in [0.2, 0.25) is 23.6 Å². The molecule has 0 aromatic rings. The van der Waals surface area contributed by atoms with Crippen molar-refractivity contribution in [1.29, 1.82) is 0 Å². The molecule has 0 radical (unpaired) electrons. The maximum atomic E-state index is 13.0. The Bertz CT molecular complexity index is 783. The largest absolute Gasteiger partial charge is 0.480 e. The van der Waals surface area contributed by atoms with Crippen LogP contribution in [0.15, 0.2) is 4.99 Å². The van der Waals surface area contributed by atoms with Gasteiger partial charge in [-0.3, -0.25) is 24.2 Å². The van der Waals surface area contributed by atoms with Gasteiger partial charge >= 0.3 is 5.97 Å². The van der Waals surface area contributed by atoms with Crippen molar-refractivity contribution in [2.75, 3.05) is 6.54 Å². The maximum absolute atomic E-state index is 13.0. The lowest BCUT2D eigenvalue weighted by Gasteiger charge is -2.26. The number of aliphatic hydroxyl groups excluding tert-OH is 1. The summed E-state index contributed by atoms with van der Waals surface area (Å²) in [6, 6.07) is -5.09. The summed E-state index contributed by atoms with van der Waals surface area (Å²) >= 11 is 0. The van der Waals surface area contributed by atoms with Crippen LogP contribution in [0.2, 0.25) is 0 Å². The van der Waals surface area contributed by atoms with Gasteiger partial charge in [0.05, 0.1) is 12.1 Å². The number of guanidine groups is 1. The number of aliphatic imine (C=N–C) groups is 1. The zero-order valence-corrected chi connectivity index (χ0v) is 20.2. The lowest BCUT2D eigenvalue weighted by Crippen LogP contribution is -2.58. The molecule has 0 heterocycles. The standard InChI is InChI=1S/C20H38N8O7/c1-9(2)14(22)18(33)27-11(5-4-8-25-20(23)24)16(31)26-12(6-7-13(21)30)17(32)28-15(10(3)29)19(34)35/h9-12,14-15,29H,4-8,22H2,1-3H3,(H2,21,30)(H,26,31)(H,27,33)(H,28,32)(H,34,35)(H4,23,24,25). The van der Waals surface area contributed by atoms with Crippen LogP contribution in [0.1, 0.15) is 46.5 Å². The van der Waals surface area contributed by atoms with Crippen LogP contribution in [0, 0.1) is 5.92 Å². The molecule has 200 valence electrons. The molecule has 15 heteroatoms. The van der Waals surface area contributed by atoms with Crippen LogP contribution in [-0.2, 0) is 24.0 Å². The maximum Gasteiger partial charge on any atom is 0.328 e. The quantitative estimate of drug-likeness (QED) is 0.0563. The second kappa shape index (κ2) is 15.4. The summed E-state index contributed by atoms with van der Waals surface area (Å²) in [6.07, 6.45) is -1.63. The van der Waals surface area contributed by atoms with Crippen LogP contribution in [-0.4, -0.2) is 82.6 Å². The van der Waals surface area contributed by atoms with E-state index in [9.17, 15) is 34.2 Å². The molecule has 0 bridgehead atoms. The Morgan fingerprint density at radius 3 is 1.83 bits per heavy atom. The Balaban J connectivity index is 5.67. The molecule has 0 aromatic heterocycles. The number of carbonyl (C=O) groups is 5. The van der Waals surface area contributed by atoms with Crippen molar-refractivity contribution in [3.8, 4) is 0 Å². The monoisotopic (exact) mass is 502 g/mol. The van der Waals surface area contributed by atoms with Gasteiger partial charge in [-0.15, -0.1) is 0 Å². The molecule has 0 saturated carbocycles. The number of carboxylic acid groups (broad SMARTS) is 1. The minimum Gasteiger partial charge on any atom is -0.480 e. The summed E-state index contributed by atoms with van der Waals surface area (Å²) in [5, 5.41) is 25.9. The van der Waals surface area contributed by atoms with E-state index in [1.165, 1.54) is 0 Å². The van der Waals surface area contributed by atoms with E-state index in [0.29, 0.717) is 0 Å². The normalized spacial score (nSPS) is 15.1. The summed E-state index contributed by atoms with van der Waals surface area (Å²) in [6.45, 7) is 4.78. The molecule has 4 amide bonds. The van der Waals surface area contributed by atoms with Crippen LogP contribution < -0.4 is 38.9 Å². The van der Waals surface area contributed by atoms with Crippen molar-refractivity contribution < 1.29 is 34.2 Å². The van der Waals surface area contributed by atoms with E-state index in [1.807, 2.05) is 0 Å². The number of amides is 4. The van der Waals surface area contributed by atoms with Crippen molar-refractivity contribution in [3.05, 3.63) is 0 Å². The van der Waals surface area contributed by atoms with Crippen LogP contribution in [0.5, 0.6) is 0 Å². The van der Waals surface area contributed by atoms with Gasteiger partial charge < -0.3 is 49.1 Å². The van der Waals surface area contributed by atoms with Gasteiger partial charge in [-0.05, 0) is 32.1 Å². The first-order valence-electron chi connectivity index (χ1n) is 11.1. The van der Waals surface area contributed by atoms with Crippen LogP contribution in [0.4, 0.5) is 0 Å². The van der Waals surface area contributed by atoms with Crippen molar-refractivity contribution in [2.45, 2.75) is 76.7 Å². The van der Waals surface area contributed by atoms with Gasteiger partial charge in [0, 0.05) is 13.0 Å². The fourth-order valence-corrected chi connectivity index (χ4v) is 2.81. The third-order valence-electron chi connectivity index (χ3n) is 4.96. The number of hydrogen-bond acceptors (Lipinski definition) is 8. The summed E-state index contributed by atoms with van der Waals surface area (Å²) in [7, 11) is 0. The number of aliphatic hydroxyl groups is 1. The number of carboxylic acids is 1. The van der Waals surface area contributed by atoms with Crippen molar-refractivity contribution >= 4 is 35.6 Å². The molecule has 15 nitrogen and oxygen atoms in total. The summed E-state index contributed by atoms with van der Waals surface area (Å²) in [4.78, 5) is 64.5. The number of carbonyl (C=O) groups excluding carboxylic acids is 4. The summed E-state index contributed by atoms with van der Waals surface area (Å²) in [5.74, 6) is -4.97. The zero-order valence-electron chi connectivity index (χ0n) is 20.2. The van der Waals surface area contributed by atoms with E-state index in [0.717, 1.165) is 6.92 Å². The highest BCUT2D eigenvalue weighted by Gasteiger charge is 2.32. The molecule has 0 aliphatic heterocycles. The predicted octanol–water partition coefficient (Wildman–Crippen LogP) is -3.79. The highest BCUT2D eigenvalue weighted by Crippen LogP contribution is 2.06. The minimum atomic E-state index is -1.66. The summed E-state index contributed by atoms with van der Waals surface area (Å²) < 4.78 is 0. The second-order valence-electron chi connectivity index (χ2n) is 8.41. The Kier molecular flexibility index (Phi) is 13.9. The van der Waals surface area contributed by atoms with Crippen LogP contribution in [0.3, 0.4) is 0 Å². The molecule has 0 rings (SSSR count). The third-order valence-corrected chi connectivity index (χ3v) is 4.96. The molecule has 5 unspecified atom stereocenters. The number of nitrogens with one attached hydrogen (secondary N) is 3. The van der Waals surface area contributed by atoms with Gasteiger partial charge in [0.25, 0.3) is 0 Å². The van der Waals surface area contributed by atoms with E-state index in [4.69, 9.17) is 22.9 Å². The van der Waals surface area contributed by atoms with E-state index in [-0.39, 0.29) is 44.1 Å². The molecule has 13 N–H and O–H groups in total. The number of primary amides is 1. The van der Waals surface area contributed by atoms with Crippen LogP contribution in [0.25, 0.3) is 0 Å². The second-order valence-corrected chi connectivity index (χ2v) is 8.41. The molecule has 0 spiro atoms. The van der Waals surface area contributed by atoms with Gasteiger partial charge in [-0.1, -0.05) is 13.8 Å². The van der Waals surface area contributed by atoms with E-state index < -0.39 is 59.9 Å². The lowest BCUT2D eigenvalue weighted by molar-refractivity contribution is -0.145. The first-order chi connectivity index (χ1) is 16.2. The van der Waals surface area contributed by atoms with Gasteiger partial charge in [0.15, 0.2) is 12.0 Å². The number of nitrogens with zero attached hydrogens (tertiary/aromatic N) is 1. The number of hydrogen-bond donors (Lipinski definition) is 9. The molecule has 0 aliphatic carbocycles. The average Bonchev–Trinajstić information content (AvgIpc) is 2.74. The first-order valence-corrected chi connectivity index (χ1v) is 11.1. The molecular formula is C20H38N8O7. The molecule has 35 heavy (non-hydrogen) atoms. The van der Waals surface area contributed by atoms with Crippen molar-refractivity contribution in [1.82, 2.24) is 16.0 Å². The molecule has 0 saturated heterocycles. The number of aliphatic carboxylic acids is 1. The Hall–Kier alpha value is -3.46. The highest BCUT2D eigenvalue weighted by atomic mass is 16.4. The summed E-state index contributed by atoms with van der Waals surface area (Å²) in [5.41, 5.74) is 21.6. The Morgan fingerprint density at radius 2 is 1.37 bits per heavy atom. The van der Waals surface area contributed by atoms with E-state index in [2.05, 4.69) is 20.9 Å². The highest BCUT2D eigenvalue weighted by molar-refractivity contribution is 5.94. The van der Waals surface area contributed by atoms with E-state index in [1.54, 1.807) is 13.8 Å². The SMILES string of the molecule is CC(C)C(N)C(=O)NC(CCCN=C(N)N)C(=O)NC(CCC(N)=O)C(=O)NC(C(=O)O)C(C)O. The van der Waals surface area contributed by atoms with Crippen LogP contribution >= 0.6 is 0 Å². The minimum absolute atomic E-state index is 0.0781. The molecule has 5 atom stereocenters. The van der Waals surface area contributed by atoms with Gasteiger partial charge in [-0.25, -0.2) is 4.79 Å². The lowest BCUT2D eigenvalue weighted by atomic mass is 10.0.